The lowest BCUT2D eigenvalue weighted by Gasteiger charge is -2.36. The van der Waals surface area contributed by atoms with Crippen LogP contribution in [0.2, 0.25) is 5.02 Å². The summed E-state index contributed by atoms with van der Waals surface area (Å²) in [7, 11) is 0. The van der Waals surface area contributed by atoms with Crippen molar-refractivity contribution in [3.8, 4) is 11.3 Å². The number of halogens is 1. The molecule has 2 aromatic rings. The molecule has 8 heteroatoms. The minimum absolute atomic E-state index is 0.150. The van der Waals surface area contributed by atoms with Crippen LogP contribution in [0.3, 0.4) is 0 Å². The van der Waals surface area contributed by atoms with Gasteiger partial charge in [0.05, 0.1) is 13.1 Å². The molecule has 0 bridgehead atoms. The van der Waals surface area contributed by atoms with E-state index < -0.39 is 5.60 Å². The maximum Gasteiger partial charge on any atom is 0.407 e. The van der Waals surface area contributed by atoms with E-state index >= 15 is 0 Å². The van der Waals surface area contributed by atoms with Crippen molar-refractivity contribution in [2.45, 2.75) is 25.0 Å². The Balaban J connectivity index is 1.29. The molecule has 0 aliphatic carbocycles. The van der Waals surface area contributed by atoms with E-state index in [2.05, 4.69) is 10.6 Å². The van der Waals surface area contributed by atoms with Crippen LogP contribution in [0.15, 0.2) is 40.8 Å². The molecule has 0 saturated carbocycles. The summed E-state index contributed by atoms with van der Waals surface area (Å²) in [5.74, 6) is 1.37. The second-order valence-electron chi connectivity index (χ2n) is 6.85. The maximum atomic E-state index is 12.4. The summed E-state index contributed by atoms with van der Waals surface area (Å²) in [6.45, 7) is 1.91. The first-order chi connectivity index (χ1) is 13.0. The molecule has 4 rings (SSSR count). The number of rotatable bonds is 3. The molecule has 2 aliphatic heterocycles. The minimum atomic E-state index is -0.458. The highest BCUT2D eigenvalue weighted by molar-refractivity contribution is 6.30. The molecule has 0 atom stereocenters. The van der Waals surface area contributed by atoms with Gasteiger partial charge in [0.15, 0.2) is 0 Å². The molecule has 2 aliphatic rings. The lowest BCUT2D eigenvalue weighted by molar-refractivity contribution is 0.00970. The number of piperidine rings is 1. The number of carbonyl (C=O) groups excluding carboxylic acids is 2. The van der Waals surface area contributed by atoms with Crippen LogP contribution in [0.1, 0.15) is 18.6 Å². The van der Waals surface area contributed by atoms with E-state index in [0.717, 1.165) is 5.56 Å². The van der Waals surface area contributed by atoms with Crippen molar-refractivity contribution in [3.63, 3.8) is 0 Å². The molecule has 3 amide bonds. The lowest BCUT2D eigenvalue weighted by Crippen LogP contribution is -2.51. The first-order valence-corrected chi connectivity index (χ1v) is 9.25. The van der Waals surface area contributed by atoms with Gasteiger partial charge in [0, 0.05) is 36.5 Å². The van der Waals surface area contributed by atoms with E-state index in [1.807, 2.05) is 30.3 Å². The second-order valence-corrected chi connectivity index (χ2v) is 7.28. The van der Waals surface area contributed by atoms with Gasteiger partial charge >= 0.3 is 12.1 Å². The van der Waals surface area contributed by atoms with Gasteiger partial charge in [-0.05, 0) is 24.3 Å². The van der Waals surface area contributed by atoms with Crippen LogP contribution < -0.4 is 10.6 Å². The molecule has 2 fully saturated rings. The topological polar surface area (TPSA) is 83.8 Å². The minimum Gasteiger partial charge on any atom is -0.459 e. The highest BCUT2D eigenvalue weighted by Crippen LogP contribution is 2.29. The first kappa shape index (κ1) is 17.7. The SMILES string of the molecule is O=C1NCC2(CCN(C(=O)NCc3ccc(-c4cccc(Cl)c4)o3)CC2)O1. The Morgan fingerprint density at radius 2 is 2.07 bits per heavy atom. The predicted molar refractivity (Wildman–Crippen MR) is 99.4 cm³/mol. The number of ether oxygens (including phenoxy) is 1. The molecule has 0 unspecified atom stereocenters. The highest BCUT2D eigenvalue weighted by atomic mass is 35.5. The average molecular weight is 390 g/mol. The van der Waals surface area contributed by atoms with Gasteiger partial charge in [-0.3, -0.25) is 0 Å². The third kappa shape index (κ3) is 3.88. The fourth-order valence-electron chi connectivity index (χ4n) is 3.44. The molecule has 1 aromatic carbocycles. The number of urea groups is 1. The van der Waals surface area contributed by atoms with Crippen molar-refractivity contribution >= 4 is 23.7 Å². The van der Waals surface area contributed by atoms with Gasteiger partial charge < -0.3 is 24.7 Å². The zero-order valence-corrected chi connectivity index (χ0v) is 15.4. The third-order valence-corrected chi connectivity index (χ3v) is 5.25. The van der Waals surface area contributed by atoms with Crippen molar-refractivity contribution in [1.29, 1.82) is 0 Å². The molecule has 1 aromatic heterocycles. The van der Waals surface area contributed by atoms with Gasteiger partial charge in [-0.1, -0.05) is 23.7 Å². The standard InChI is InChI=1S/C19H20ClN3O4/c20-14-3-1-2-13(10-14)16-5-4-15(26-16)11-21-17(24)23-8-6-19(7-9-23)12-22-18(25)27-19/h1-5,10H,6-9,11-12H2,(H,21,24)(H,22,25). The summed E-state index contributed by atoms with van der Waals surface area (Å²) in [5, 5.41) is 6.21. The maximum absolute atomic E-state index is 12.4. The second kappa shape index (κ2) is 7.15. The van der Waals surface area contributed by atoms with Crippen molar-refractivity contribution in [1.82, 2.24) is 15.5 Å². The van der Waals surface area contributed by atoms with Crippen LogP contribution in [-0.2, 0) is 11.3 Å². The van der Waals surface area contributed by atoms with E-state index in [1.54, 1.807) is 11.0 Å². The van der Waals surface area contributed by atoms with Crippen LogP contribution in [0.25, 0.3) is 11.3 Å². The molecular weight excluding hydrogens is 370 g/mol. The molecule has 7 nitrogen and oxygen atoms in total. The Morgan fingerprint density at radius 3 is 2.78 bits per heavy atom. The summed E-state index contributed by atoms with van der Waals surface area (Å²) in [6.07, 6.45) is 0.902. The lowest BCUT2D eigenvalue weighted by atomic mass is 9.92. The van der Waals surface area contributed by atoms with Crippen LogP contribution >= 0.6 is 11.6 Å². The number of hydrogen-bond acceptors (Lipinski definition) is 4. The number of likely N-dealkylation sites (tertiary alicyclic amines) is 1. The smallest absolute Gasteiger partial charge is 0.407 e. The van der Waals surface area contributed by atoms with Gasteiger partial charge in [-0.25, -0.2) is 9.59 Å². The Bertz CT molecular complexity index is 858. The largest absolute Gasteiger partial charge is 0.459 e. The summed E-state index contributed by atoms with van der Waals surface area (Å²) in [4.78, 5) is 25.4. The number of nitrogens with zero attached hydrogens (tertiary/aromatic N) is 1. The molecule has 142 valence electrons. The van der Waals surface area contributed by atoms with E-state index in [4.69, 9.17) is 20.8 Å². The Labute approximate surface area is 161 Å². The van der Waals surface area contributed by atoms with Crippen molar-refractivity contribution in [3.05, 3.63) is 47.2 Å². The van der Waals surface area contributed by atoms with Crippen LogP contribution in [0, 0.1) is 0 Å². The van der Waals surface area contributed by atoms with Gasteiger partial charge in [0.1, 0.15) is 17.1 Å². The molecule has 27 heavy (non-hydrogen) atoms. The van der Waals surface area contributed by atoms with Gasteiger partial charge in [-0.15, -0.1) is 0 Å². The Morgan fingerprint density at radius 1 is 1.26 bits per heavy atom. The summed E-state index contributed by atoms with van der Waals surface area (Å²) in [6, 6.07) is 11.0. The number of benzene rings is 1. The Hall–Kier alpha value is -2.67. The normalized spacial score (nSPS) is 18.3. The number of hydrogen-bond donors (Lipinski definition) is 2. The Kier molecular flexibility index (Phi) is 4.70. The number of amides is 3. The van der Waals surface area contributed by atoms with Crippen molar-refractivity contribution in [2.24, 2.45) is 0 Å². The predicted octanol–water partition coefficient (Wildman–Crippen LogP) is 3.38. The van der Waals surface area contributed by atoms with Crippen molar-refractivity contribution < 1.29 is 18.7 Å². The average Bonchev–Trinajstić information content (AvgIpc) is 3.28. The number of carbonyl (C=O) groups is 2. The summed E-state index contributed by atoms with van der Waals surface area (Å²) in [5.41, 5.74) is 0.432. The first-order valence-electron chi connectivity index (χ1n) is 8.87. The third-order valence-electron chi connectivity index (χ3n) is 5.01. The molecule has 3 heterocycles. The van der Waals surface area contributed by atoms with E-state index in [0.29, 0.717) is 55.6 Å². The molecule has 2 N–H and O–H groups in total. The summed E-state index contributed by atoms with van der Waals surface area (Å²) < 4.78 is 11.2. The molecule has 0 radical (unpaired) electrons. The monoisotopic (exact) mass is 389 g/mol. The fraction of sp³-hybridized carbons (Fsp3) is 0.368. The molecular formula is C19H20ClN3O4. The summed E-state index contributed by atoms with van der Waals surface area (Å²) >= 11 is 6.01. The fourth-order valence-corrected chi connectivity index (χ4v) is 3.63. The quantitative estimate of drug-likeness (QED) is 0.842. The number of alkyl carbamates (subject to hydrolysis) is 1. The van der Waals surface area contributed by atoms with E-state index in [-0.39, 0.29) is 12.1 Å². The van der Waals surface area contributed by atoms with Crippen LogP contribution in [0.5, 0.6) is 0 Å². The van der Waals surface area contributed by atoms with Crippen molar-refractivity contribution in [2.75, 3.05) is 19.6 Å². The number of furan rings is 1. The highest BCUT2D eigenvalue weighted by Gasteiger charge is 2.43. The number of nitrogens with one attached hydrogen (secondary N) is 2. The zero-order valence-electron chi connectivity index (χ0n) is 14.7. The van der Waals surface area contributed by atoms with E-state index in [1.165, 1.54) is 0 Å². The van der Waals surface area contributed by atoms with Gasteiger partial charge in [0.25, 0.3) is 0 Å². The van der Waals surface area contributed by atoms with Crippen LogP contribution in [0.4, 0.5) is 9.59 Å². The molecule has 2 saturated heterocycles. The van der Waals surface area contributed by atoms with Gasteiger partial charge in [0.2, 0.25) is 0 Å². The van der Waals surface area contributed by atoms with E-state index in [9.17, 15) is 9.59 Å². The zero-order chi connectivity index (χ0) is 18.9. The molecule has 1 spiro atoms. The van der Waals surface area contributed by atoms with Crippen LogP contribution in [-0.4, -0.2) is 42.3 Å². The van der Waals surface area contributed by atoms with Gasteiger partial charge in [-0.2, -0.15) is 0 Å².